The summed E-state index contributed by atoms with van der Waals surface area (Å²) in [5.41, 5.74) is 2.09. The number of hydrogen-bond acceptors (Lipinski definition) is 6. The van der Waals surface area contributed by atoms with Gasteiger partial charge in [-0.25, -0.2) is 0 Å². The second-order valence-electron chi connectivity index (χ2n) is 4.47. The number of tetrazole rings is 1. The maximum atomic E-state index is 9.83. The molecule has 0 spiro atoms. The number of H-pyrrole nitrogens is 1. The number of aromatic hydroxyl groups is 1. The smallest absolute Gasteiger partial charge is 0.204 e. The Bertz CT molecular complexity index is 799. The molecule has 0 saturated heterocycles. The van der Waals surface area contributed by atoms with Gasteiger partial charge in [-0.2, -0.15) is 5.21 Å². The molecule has 0 unspecified atom stereocenters. The third-order valence-corrected chi connectivity index (χ3v) is 3.04. The Hall–Kier alpha value is -3.22. The topological polar surface area (TPSA) is 96.3 Å². The van der Waals surface area contributed by atoms with Crippen molar-refractivity contribution < 1.29 is 9.84 Å². The van der Waals surface area contributed by atoms with Crippen molar-refractivity contribution >= 4 is 11.9 Å². The molecule has 0 saturated carbocycles. The van der Waals surface area contributed by atoms with Crippen LogP contribution in [0.1, 0.15) is 5.56 Å². The van der Waals surface area contributed by atoms with Gasteiger partial charge in [-0.1, -0.05) is 12.1 Å². The first-order valence-electron chi connectivity index (χ1n) is 6.51. The summed E-state index contributed by atoms with van der Waals surface area (Å²) in [5.74, 6) is 1.29. The molecule has 0 aliphatic rings. The molecule has 1 heterocycles. The summed E-state index contributed by atoms with van der Waals surface area (Å²) in [6, 6.07) is 12.4. The van der Waals surface area contributed by atoms with Crippen molar-refractivity contribution in [3.05, 3.63) is 48.0 Å². The van der Waals surface area contributed by atoms with Crippen molar-refractivity contribution in [2.24, 2.45) is 4.99 Å². The van der Waals surface area contributed by atoms with Crippen molar-refractivity contribution in [3.63, 3.8) is 0 Å². The number of hydrogen-bond donors (Lipinski definition) is 2. The van der Waals surface area contributed by atoms with E-state index in [0.717, 1.165) is 5.56 Å². The van der Waals surface area contributed by atoms with Crippen LogP contribution in [0, 0.1) is 0 Å². The molecule has 7 heteroatoms. The highest BCUT2D eigenvalue weighted by Gasteiger charge is 2.04. The van der Waals surface area contributed by atoms with Crippen molar-refractivity contribution in [3.8, 4) is 22.9 Å². The second kappa shape index (κ2) is 6.04. The highest BCUT2D eigenvalue weighted by molar-refractivity contribution is 5.86. The Morgan fingerprint density at radius 2 is 2.14 bits per heavy atom. The zero-order valence-electron chi connectivity index (χ0n) is 11.8. The van der Waals surface area contributed by atoms with Crippen LogP contribution < -0.4 is 4.74 Å². The molecule has 1 aromatic heterocycles. The number of aromatic nitrogens is 4. The van der Waals surface area contributed by atoms with Crippen LogP contribution in [-0.4, -0.2) is 39.1 Å². The fraction of sp³-hybridized carbons (Fsp3) is 0.0667. The van der Waals surface area contributed by atoms with Gasteiger partial charge in [-0.05, 0) is 35.5 Å². The number of phenolic OH excluding ortho intramolecular Hbond substituents is 1. The van der Waals surface area contributed by atoms with Gasteiger partial charge in [0.15, 0.2) is 0 Å². The highest BCUT2D eigenvalue weighted by atomic mass is 16.5. The Balaban J connectivity index is 1.88. The molecule has 2 aromatic carbocycles. The summed E-state index contributed by atoms with van der Waals surface area (Å²) in [6.07, 6.45) is 1.58. The Kier molecular flexibility index (Phi) is 3.78. The minimum absolute atomic E-state index is 0.138. The fourth-order valence-electron chi connectivity index (χ4n) is 1.92. The summed E-state index contributed by atoms with van der Waals surface area (Å²) in [7, 11) is 1.57. The van der Waals surface area contributed by atoms with Gasteiger partial charge >= 0.3 is 0 Å². The van der Waals surface area contributed by atoms with E-state index in [1.807, 2.05) is 24.3 Å². The zero-order valence-corrected chi connectivity index (χ0v) is 11.8. The highest BCUT2D eigenvalue weighted by Crippen LogP contribution is 2.24. The normalized spacial score (nSPS) is 11.0. The van der Waals surface area contributed by atoms with Crippen LogP contribution in [0.25, 0.3) is 11.4 Å². The number of aromatic amines is 1. The predicted octanol–water partition coefficient (Wildman–Crippen LogP) is 2.33. The van der Waals surface area contributed by atoms with Gasteiger partial charge < -0.3 is 9.84 Å². The summed E-state index contributed by atoms with van der Waals surface area (Å²) in [5, 5.41) is 23.6. The van der Waals surface area contributed by atoms with E-state index < -0.39 is 0 Å². The van der Waals surface area contributed by atoms with Crippen LogP contribution in [0.2, 0.25) is 0 Å². The number of ether oxygens (including phenoxy) is 1. The molecule has 3 aromatic rings. The van der Waals surface area contributed by atoms with Gasteiger partial charge in [0, 0.05) is 17.3 Å². The standard InChI is InChI=1S/C15H13N5O2/c1-22-13-5-6-14(21)11(8-13)9-16-12-4-2-3-10(7-12)15-17-19-20-18-15/h2-9,21H,1H3,(H,17,18,19,20). The minimum Gasteiger partial charge on any atom is -0.507 e. The largest absolute Gasteiger partial charge is 0.507 e. The monoisotopic (exact) mass is 295 g/mol. The lowest BCUT2D eigenvalue weighted by Gasteiger charge is -2.03. The SMILES string of the molecule is COc1ccc(O)c(C=Nc2cccc(-c3nn[nH]n3)c2)c1. The molecule has 22 heavy (non-hydrogen) atoms. The van der Waals surface area contributed by atoms with Crippen LogP contribution in [-0.2, 0) is 0 Å². The number of phenols is 1. The number of aliphatic imine (C=N–C) groups is 1. The maximum Gasteiger partial charge on any atom is 0.204 e. The van der Waals surface area contributed by atoms with Crippen LogP contribution in [0.5, 0.6) is 11.5 Å². The minimum atomic E-state index is 0.138. The molecule has 7 nitrogen and oxygen atoms in total. The molecule has 0 fully saturated rings. The van der Waals surface area contributed by atoms with Gasteiger partial charge in [0.1, 0.15) is 11.5 Å². The van der Waals surface area contributed by atoms with E-state index >= 15 is 0 Å². The second-order valence-corrected chi connectivity index (χ2v) is 4.47. The molecule has 3 rings (SSSR count). The van der Waals surface area contributed by atoms with Gasteiger partial charge in [-0.3, -0.25) is 4.99 Å². The van der Waals surface area contributed by atoms with Crippen molar-refractivity contribution in [1.82, 2.24) is 20.6 Å². The summed E-state index contributed by atoms with van der Waals surface area (Å²) >= 11 is 0. The van der Waals surface area contributed by atoms with Crippen LogP contribution in [0.3, 0.4) is 0 Å². The quantitative estimate of drug-likeness (QED) is 0.720. The predicted molar refractivity (Wildman–Crippen MR) is 81.5 cm³/mol. The number of rotatable bonds is 4. The summed E-state index contributed by atoms with van der Waals surface area (Å²) < 4.78 is 5.13. The lowest BCUT2D eigenvalue weighted by molar-refractivity contribution is 0.412. The average molecular weight is 295 g/mol. The van der Waals surface area contributed by atoms with Crippen molar-refractivity contribution in [2.75, 3.05) is 7.11 Å². The van der Waals surface area contributed by atoms with E-state index in [0.29, 0.717) is 22.8 Å². The number of nitrogens with zero attached hydrogens (tertiary/aromatic N) is 4. The van der Waals surface area contributed by atoms with Gasteiger partial charge in [0.2, 0.25) is 5.82 Å². The first-order chi connectivity index (χ1) is 10.8. The van der Waals surface area contributed by atoms with Crippen molar-refractivity contribution in [2.45, 2.75) is 0 Å². The average Bonchev–Trinajstić information content (AvgIpc) is 3.09. The molecule has 0 bridgehead atoms. The molecule has 2 N–H and O–H groups in total. The Labute approximate surface area is 126 Å². The molecule has 0 amide bonds. The third kappa shape index (κ3) is 2.93. The van der Waals surface area contributed by atoms with Crippen molar-refractivity contribution in [1.29, 1.82) is 0 Å². The third-order valence-electron chi connectivity index (χ3n) is 3.04. The molecule has 0 aliphatic carbocycles. The van der Waals surface area contributed by atoms with E-state index in [-0.39, 0.29) is 5.75 Å². The van der Waals surface area contributed by atoms with E-state index in [4.69, 9.17) is 4.74 Å². The maximum absolute atomic E-state index is 9.83. The zero-order chi connectivity index (χ0) is 15.4. The Morgan fingerprint density at radius 1 is 1.23 bits per heavy atom. The number of benzene rings is 2. The van der Waals surface area contributed by atoms with Crippen LogP contribution >= 0.6 is 0 Å². The van der Waals surface area contributed by atoms with Crippen LogP contribution in [0.15, 0.2) is 47.5 Å². The van der Waals surface area contributed by atoms with Crippen LogP contribution in [0.4, 0.5) is 5.69 Å². The van der Waals surface area contributed by atoms with Gasteiger partial charge in [0.05, 0.1) is 12.8 Å². The molecule has 0 atom stereocenters. The first kappa shape index (κ1) is 13.7. The molecule has 0 aliphatic heterocycles. The lowest BCUT2D eigenvalue weighted by atomic mass is 10.2. The van der Waals surface area contributed by atoms with Gasteiger partial charge in [0.25, 0.3) is 0 Å². The molecule has 110 valence electrons. The molecular formula is C15H13N5O2. The van der Waals surface area contributed by atoms with E-state index in [1.54, 1.807) is 31.5 Å². The van der Waals surface area contributed by atoms with Gasteiger partial charge in [-0.15, -0.1) is 10.2 Å². The summed E-state index contributed by atoms with van der Waals surface area (Å²) in [6.45, 7) is 0. The van der Waals surface area contributed by atoms with E-state index in [2.05, 4.69) is 25.6 Å². The number of nitrogens with one attached hydrogen (secondary N) is 1. The van der Waals surface area contributed by atoms with E-state index in [9.17, 15) is 5.11 Å². The van der Waals surface area contributed by atoms with E-state index in [1.165, 1.54) is 0 Å². The number of methoxy groups -OCH3 is 1. The molecular weight excluding hydrogens is 282 g/mol. The fourth-order valence-corrected chi connectivity index (χ4v) is 1.92. The molecule has 0 radical (unpaired) electrons. The Morgan fingerprint density at radius 3 is 2.91 bits per heavy atom. The lowest BCUT2D eigenvalue weighted by Crippen LogP contribution is -1.87. The summed E-state index contributed by atoms with van der Waals surface area (Å²) in [4.78, 5) is 4.36. The first-order valence-corrected chi connectivity index (χ1v) is 6.51.